The lowest BCUT2D eigenvalue weighted by atomic mass is 9.83. The Morgan fingerprint density at radius 2 is 2.10 bits per heavy atom. The maximum Gasteiger partial charge on any atom is 0.329 e. The molecule has 1 fully saturated rings. The van der Waals surface area contributed by atoms with E-state index in [0.29, 0.717) is 19.4 Å². The molecule has 0 aromatic carbocycles. The monoisotopic (exact) mass is 306 g/mol. The van der Waals surface area contributed by atoms with E-state index in [1.54, 1.807) is 0 Å². The van der Waals surface area contributed by atoms with E-state index in [4.69, 9.17) is 11.1 Å². The Bertz CT molecular complexity index is 415. The first-order valence-corrected chi connectivity index (χ1v) is 5.89. The van der Waals surface area contributed by atoms with Crippen LogP contribution in [0.2, 0.25) is 0 Å². The average Bonchev–Trinajstić information content (AvgIpc) is 2.33. The molecule has 0 saturated carbocycles. The van der Waals surface area contributed by atoms with E-state index < -0.39 is 23.8 Å². The van der Waals surface area contributed by atoms with E-state index in [1.807, 2.05) is 0 Å². The number of esters is 1. The Hall–Kier alpha value is -1.83. The van der Waals surface area contributed by atoms with Crippen LogP contribution in [0.15, 0.2) is 0 Å². The van der Waals surface area contributed by atoms with E-state index >= 15 is 0 Å². The van der Waals surface area contributed by atoms with Gasteiger partial charge in [0.05, 0.1) is 13.0 Å². The number of amides is 2. The highest BCUT2D eigenvalue weighted by Crippen LogP contribution is 2.31. The Morgan fingerprint density at radius 1 is 1.50 bits per heavy atom. The summed E-state index contributed by atoms with van der Waals surface area (Å²) in [4.78, 5) is 35.5. The largest absolute Gasteiger partial charge is 0.467 e. The number of methoxy groups -OCH3 is 1. The van der Waals surface area contributed by atoms with Crippen LogP contribution in [0.4, 0.5) is 0 Å². The molecular formula is C11H19ClN4O4. The highest BCUT2D eigenvalue weighted by molar-refractivity contribution is 6.07. The number of halogens is 1. The van der Waals surface area contributed by atoms with Gasteiger partial charge in [0.2, 0.25) is 11.8 Å². The first-order chi connectivity index (χ1) is 8.90. The normalized spacial score (nSPS) is 20.5. The Morgan fingerprint density at radius 3 is 2.55 bits per heavy atom. The predicted octanol–water partition coefficient (Wildman–Crippen LogP) is -0.782. The zero-order valence-electron chi connectivity index (χ0n) is 11.3. The quantitative estimate of drug-likeness (QED) is 0.201. The van der Waals surface area contributed by atoms with Crippen LogP contribution in [0.25, 0.3) is 0 Å². The van der Waals surface area contributed by atoms with Crippen molar-refractivity contribution >= 4 is 36.2 Å². The second-order valence-electron chi connectivity index (χ2n) is 4.28. The first kappa shape index (κ1) is 18.2. The molecule has 1 aliphatic rings. The van der Waals surface area contributed by atoms with E-state index in [2.05, 4.69) is 10.1 Å². The van der Waals surface area contributed by atoms with Gasteiger partial charge in [-0.2, -0.15) is 0 Å². The van der Waals surface area contributed by atoms with Gasteiger partial charge in [-0.1, -0.05) is 0 Å². The number of carbonyl (C=O) groups is 3. The number of imide groups is 1. The van der Waals surface area contributed by atoms with Crippen LogP contribution in [0, 0.1) is 11.3 Å². The minimum absolute atomic E-state index is 0. The molecule has 8 nitrogen and oxygen atoms in total. The van der Waals surface area contributed by atoms with Crippen LogP contribution in [-0.4, -0.2) is 48.3 Å². The van der Waals surface area contributed by atoms with Crippen molar-refractivity contribution in [1.82, 2.24) is 10.2 Å². The second kappa shape index (κ2) is 7.68. The molecule has 0 spiro atoms. The highest BCUT2D eigenvalue weighted by Gasteiger charge is 2.53. The number of guanidine groups is 1. The van der Waals surface area contributed by atoms with Gasteiger partial charge in [-0.05, 0) is 12.8 Å². The molecule has 4 N–H and O–H groups in total. The minimum atomic E-state index is -0.827. The van der Waals surface area contributed by atoms with E-state index in [-0.39, 0.29) is 24.3 Å². The number of nitrogens with one attached hydrogen (secondary N) is 2. The van der Waals surface area contributed by atoms with Gasteiger partial charge in [0.25, 0.3) is 0 Å². The van der Waals surface area contributed by atoms with Crippen molar-refractivity contribution in [3.8, 4) is 0 Å². The molecule has 0 radical (unpaired) electrons. The molecule has 20 heavy (non-hydrogen) atoms. The van der Waals surface area contributed by atoms with Gasteiger partial charge < -0.3 is 15.8 Å². The summed E-state index contributed by atoms with van der Waals surface area (Å²) >= 11 is 0. The topological polar surface area (TPSA) is 126 Å². The summed E-state index contributed by atoms with van der Waals surface area (Å²) in [5.74, 6) is -2.08. The van der Waals surface area contributed by atoms with E-state index in [9.17, 15) is 14.4 Å². The maximum absolute atomic E-state index is 11.8. The van der Waals surface area contributed by atoms with Crippen molar-refractivity contribution in [3.63, 3.8) is 0 Å². The molecule has 0 aromatic rings. The van der Waals surface area contributed by atoms with Crippen molar-refractivity contribution in [2.75, 3.05) is 13.7 Å². The molecule has 1 rings (SSSR count). The highest BCUT2D eigenvalue weighted by atomic mass is 35.5. The van der Waals surface area contributed by atoms with Gasteiger partial charge in [0, 0.05) is 13.5 Å². The number of likely N-dealkylation sites (tertiary alicyclic amines) is 1. The van der Waals surface area contributed by atoms with Crippen LogP contribution in [0.3, 0.4) is 0 Å². The zero-order chi connectivity index (χ0) is 14.6. The first-order valence-electron chi connectivity index (χ1n) is 5.89. The summed E-state index contributed by atoms with van der Waals surface area (Å²) in [6.45, 7) is 1.68. The lowest BCUT2D eigenvalue weighted by molar-refractivity contribution is -0.178. The fourth-order valence-corrected chi connectivity index (χ4v) is 2.12. The van der Waals surface area contributed by atoms with Crippen LogP contribution in [0.1, 0.15) is 19.8 Å². The fraction of sp³-hybridized carbons (Fsp3) is 0.636. The fourth-order valence-electron chi connectivity index (χ4n) is 2.12. The van der Waals surface area contributed by atoms with Gasteiger partial charge in [0.1, 0.15) is 6.04 Å². The number of hydrogen-bond donors (Lipinski definition) is 3. The Kier molecular flexibility index (Phi) is 6.98. The average molecular weight is 307 g/mol. The molecule has 0 aliphatic carbocycles. The van der Waals surface area contributed by atoms with E-state index in [1.165, 1.54) is 14.0 Å². The smallest absolute Gasteiger partial charge is 0.329 e. The molecular weight excluding hydrogens is 288 g/mol. The van der Waals surface area contributed by atoms with Crippen LogP contribution < -0.4 is 11.1 Å². The number of β-lactam (4-membered cyclic amide) rings is 1. The van der Waals surface area contributed by atoms with Crippen molar-refractivity contribution in [1.29, 1.82) is 5.41 Å². The summed E-state index contributed by atoms with van der Waals surface area (Å²) in [7, 11) is 1.22. The molecule has 0 unspecified atom stereocenters. The van der Waals surface area contributed by atoms with Gasteiger partial charge in [0.15, 0.2) is 5.96 Å². The Balaban J connectivity index is 0.00000361. The number of nitrogens with two attached hydrogens (primary N) is 1. The maximum atomic E-state index is 11.8. The van der Waals surface area contributed by atoms with Crippen LogP contribution in [-0.2, 0) is 19.1 Å². The summed E-state index contributed by atoms with van der Waals surface area (Å²) in [6, 6.07) is -0.827. The number of hydrogen-bond acceptors (Lipinski definition) is 5. The third kappa shape index (κ3) is 3.83. The van der Waals surface area contributed by atoms with Gasteiger partial charge in [-0.15, -0.1) is 12.4 Å². The molecule has 9 heteroatoms. The van der Waals surface area contributed by atoms with Crippen molar-refractivity contribution in [2.45, 2.75) is 25.8 Å². The molecule has 2 atom stereocenters. The van der Waals surface area contributed by atoms with Gasteiger partial charge >= 0.3 is 5.97 Å². The van der Waals surface area contributed by atoms with Crippen molar-refractivity contribution < 1.29 is 19.1 Å². The number of ether oxygens (including phenoxy) is 1. The number of nitrogens with zero attached hydrogens (tertiary/aromatic N) is 1. The molecule has 1 heterocycles. The summed E-state index contributed by atoms with van der Waals surface area (Å²) < 4.78 is 4.60. The van der Waals surface area contributed by atoms with E-state index in [0.717, 1.165) is 4.90 Å². The van der Waals surface area contributed by atoms with Crippen LogP contribution in [0.5, 0.6) is 0 Å². The minimum Gasteiger partial charge on any atom is -0.467 e. The van der Waals surface area contributed by atoms with Crippen LogP contribution >= 0.6 is 12.4 Å². The summed E-state index contributed by atoms with van der Waals surface area (Å²) in [5, 5.41) is 9.59. The predicted molar refractivity (Wildman–Crippen MR) is 73.2 cm³/mol. The molecule has 114 valence electrons. The molecule has 1 aliphatic heterocycles. The number of carbonyl (C=O) groups excluding carboxylic acids is 3. The lowest BCUT2D eigenvalue weighted by Gasteiger charge is -2.43. The third-order valence-corrected chi connectivity index (χ3v) is 3.00. The molecule has 0 aromatic heterocycles. The zero-order valence-corrected chi connectivity index (χ0v) is 12.2. The summed E-state index contributed by atoms with van der Waals surface area (Å²) in [6.07, 6.45) is 0.998. The Labute approximate surface area is 122 Å². The van der Waals surface area contributed by atoms with Gasteiger partial charge in [-0.25, -0.2) is 4.79 Å². The van der Waals surface area contributed by atoms with Crippen molar-refractivity contribution in [2.24, 2.45) is 11.7 Å². The number of rotatable bonds is 5. The SMILES string of the molecule is COC(=O)[C@@H]1[C@@H](CCCNC(=N)N)C(=O)N1C(C)=O.Cl. The molecule has 0 bridgehead atoms. The van der Waals surface area contributed by atoms with Gasteiger partial charge in [-0.3, -0.25) is 19.9 Å². The molecule has 1 saturated heterocycles. The summed E-state index contributed by atoms with van der Waals surface area (Å²) in [5.41, 5.74) is 5.12. The molecule has 2 amide bonds. The lowest BCUT2D eigenvalue weighted by Crippen LogP contribution is -2.66. The second-order valence-corrected chi connectivity index (χ2v) is 4.28. The third-order valence-electron chi connectivity index (χ3n) is 3.00. The standard InChI is InChI=1S/C11H18N4O4.ClH/c1-6(16)15-8(10(18)19-2)7(9(15)17)4-3-5-14-11(12)13;/h7-8H,3-5H2,1-2H3,(H4,12,13,14);1H/t7-,8+;/m1./s1. The van der Waals surface area contributed by atoms with Crippen molar-refractivity contribution in [3.05, 3.63) is 0 Å².